The average molecular weight is 1160 g/mol. The zero-order valence-corrected chi connectivity index (χ0v) is 45.4. The molecule has 2 atom stereocenters. The summed E-state index contributed by atoms with van der Waals surface area (Å²) in [6.07, 6.45) is -0.773. The van der Waals surface area contributed by atoms with E-state index >= 15 is 0 Å². The maximum absolute atomic E-state index is 13.7. The molecule has 0 heterocycles. The molecule has 0 aliphatic carbocycles. The van der Waals surface area contributed by atoms with Crippen molar-refractivity contribution in [2.24, 2.45) is 4.99 Å². The van der Waals surface area contributed by atoms with E-state index in [0.717, 1.165) is 43.2 Å². The van der Waals surface area contributed by atoms with E-state index in [-0.39, 0.29) is 60.7 Å². The minimum atomic E-state index is -5.08. The number of guanidine groups is 1. The number of hydrogen-bond acceptors (Lipinski definition) is 3. The molecule has 4 rings (SSSR count). The molecular weight excluding hydrogens is 1090 g/mol. The molecule has 0 spiro atoms. The summed E-state index contributed by atoms with van der Waals surface area (Å²) in [5.74, 6) is 0.291. The van der Waals surface area contributed by atoms with Gasteiger partial charge in [-0.1, -0.05) is 164 Å². The fourth-order valence-corrected chi connectivity index (χ4v) is 8.94. The molecule has 428 valence electrons. The minimum Gasteiger partial charge on any atom is -0.358 e. The summed E-state index contributed by atoms with van der Waals surface area (Å²) in [5, 5.41) is 17.1. The van der Waals surface area contributed by atoms with Gasteiger partial charge >= 0.3 is 24.7 Å². The SMILES string of the molecule is CCCCCCCCCCCCCCCCCCNC(=NC[C@H](Cc1ccccc1)NC(=S)Nc1cc(C(F)(F)F)cc(C(F)(F)F)c1)NC[C@H](Cc1ccccc1)NC(=S)Nc1cc(C(F)(F)F)cc(C(F)(F)F)c1.Cl. The molecule has 4 aromatic rings. The van der Waals surface area contributed by atoms with Crippen molar-refractivity contribution in [1.29, 1.82) is 0 Å². The molecule has 4 aromatic carbocycles. The van der Waals surface area contributed by atoms with E-state index in [2.05, 4.69) is 38.8 Å². The van der Waals surface area contributed by atoms with Crippen molar-refractivity contribution >= 4 is 64.4 Å². The number of aliphatic imine (C=N–C) groups is 1. The zero-order chi connectivity index (χ0) is 55.6. The van der Waals surface area contributed by atoms with Crippen LogP contribution in [-0.2, 0) is 37.5 Å². The first-order valence-corrected chi connectivity index (χ1v) is 26.6. The van der Waals surface area contributed by atoms with Crippen molar-refractivity contribution in [3.05, 3.63) is 130 Å². The van der Waals surface area contributed by atoms with Gasteiger partial charge < -0.3 is 31.9 Å². The Balaban J connectivity index is 0.0000156. The smallest absolute Gasteiger partial charge is 0.358 e. The van der Waals surface area contributed by atoms with E-state index in [9.17, 15) is 52.7 Å². The van der Waals surface area contributed by atoms with Crippen LogP contribution in [-0.4, -0.2) is 47.9 Å². The summed E-state index contributed by atoms with van der Waals surface area (Å²) in [4.78, 5) is 4.83. The number of benzene rings is 4. The fraction of sp³-hybridized carbons (Fsp3) is 0.509. The minimum absolute atomic E-state index is 0. The van der Waals surface area contributed by atoms with Gasteiger partial charge in [0.05, 0.1) is 34.8 Å². The molecule has 0 saturated heterocycles. The second-order valence-corrected chi connectivity index (χ2v) is 19.7. The third kappa shape index (κ3) is 26.9. The van der Waals surface area contributed by atoms with Crippen LogP contribution in [0.2, 0.25) is 0 Å². The Kier molecular flexibility index (Phi) is 28.8. The van der Waals surface area contributed by atoms with Gasteiger partial charge in [0.25, 0.3) is 0 Å². The quantitative estimate of drug-likeness (QED) is 0.0105. The number of rotatable bonds is 29. The van der Waals surface area contributed by atoms with Crippen LogP contribution in [0.1, 0.15) is 143 Å². The summed E-state index contributed by atoms with van der Waals surface area (Å²) >= 11 is 10.9. The largest absolute Gasteiger partial charge is 0.416 e. The standard InChI is InChI=1S/C55H69F12N7S2.ClH/c1-2-3-4-5-6-7-8-9-10-11-12-13-14-15-16-23-28-68-49(69-37-47(29-39-24-19-17-20-25-39)73-50(75)71-45-33-41(52(56,57)58)31-42(34-45)53(59,60)61)70-38-48(30-40-26-21-18-22-27-40)74-51(76)72-46-35-43(54(62,63)64)32-44(36-46)55(65,66)67;/h17-22,24-27,31-36,47-48H,2-16,23,28-30,37-38H2,1H3,(H2,68,69,70)(H2,71,73,75)(H2,72,74,76);1H/t47-,48-;/m0./s1. The molecule has 0 radical (unpaired) electrons. The van der Waals surface area contributed by atoms with Gasteiger partial charge in [0.15, 0.2) is 16.2 Å². The molecule has 0 saturated carbocycles. The van der Waals surface area contributed by atoms with Crippen LogP contribution in [0.3, 0.4) is 0 Å². The maximum atomic E-state index is 13.7. The van der Waals surface area contributed by atoms with Crippen LogP contribution in [0.5, 0.6) is 0 Å². The number of nitrogens with one attached hydrogen (secondary N) is 6. The highest BCUT2D eigenvalue weighted by molar-refractivity contribution is 7.80. The number of anilines is 2. The van der Waals surface area contributed by atoms with E-state index < -0.39 is 70.4 Å². The summed E-state index contributed by atoms with van der Waals surface area (Å²) in [5.41, 5.74) is -5.53. The number of unbranched alkanes of at least 4 members (excludes halogenated alkanes) is 15. The van der Waals surface area contributed by atoms with E-state index in [0.29, 0.717) is 36.8 Å². The summed E-state index contributed by atoms with van der Waals surface area (Å²) < 4.78 is 164. The Morgan fingerprint density at radius 2 is 0.792 bits per heavy atom. The van der Waals surface area contributed by atoms with Crippen LogP contribution >= 0.6 is 36.8 Å². The Morgan fingerprint density at radius 3 is 1.16 bits per heavy atom. The van der Waals surface area contributed by atoms with Crippen molar-refractivity contribution in [2.75, 3.05) is 30.3 Å². The Morgan fingerprint density at radius 1 is 0.455 bits per heavy atom. The number of thiocarbonyl (C=S) groups is 2. The van der Waals surface area contributed by atoms with Gasteiger partial charge in [-0.2, -0.15) is 52.7 Å². The van der Waals surface area contributed by atoms with Crippen LogP contribution in [0.4, 0.5) is 64.1 Å². The monoisotopic (exact) mass is 1160 g/mol. The average Bonchev–Trinajstić information content (AvgIpc) is 3.34. The molecule has 0 aromatic heterocycles. The highest BCUT2D eigenvalue weighted by Crippen LogP contribution is 2.39. The van der Waals surface area contributed by atoms with Gasteiger partial charge in [0.2, 0.25) is 0 Å². The third-order valence-electron chi connectivity index (χ3n) is 12.3. The third-order valence-corrected chi connectivity index (χ3v) is 12.8. The molecule has 0 amide bonds. The summed E-state index contributed by atoms with van der Waals surface area (Å²) in [7, 11) is 0. The van der Waals surface area contributed by atoms with Gasteiger partial charge in [-0.05, 0) is 91.2 Å². The molecule has 0 fully saturated rings. The normalized spacial score (nSPS) is 13.0. The van der Waals surface area contributed by atoms with Crippen molar-refractivity contribution < 1.29 is 52.7 Å². The van der Waals surface area contributed by atoms with Crippen LogP contribution < -0.4 is 31.9 Å². The van der Waals surface area contributed by atoms with Crippen molar-refractivity contribution in [1.82, 2.24) is 21.3 Å². The lowest BCUT2D eigenvalue weighted by Gasteiger charge is -2.24. The second-order valence-electron chi connectivity index (χ2n) is 18.9. The first-order valence-electron chi connectivity index (χ1n) is 25.8. The summed E-state index contributed by atoms with van der Waals surface area (Å²) in [6, 6.07) is 18.9. The first kappa shape index (κ1) is 66.3. The molecular formula is C55H70ClF12N7S2. The molecule has 22 heteroatoms. The van der Waals surface area contributed by atoms with Gasteiger partial charge in [0.1, 0.15) is 0 Å². The predicted octanol–water partition coefficient (Wildman–Crippen LogP) is 16.5. The van der Waals surface area contributed by atoms with E-state index in [1.165, 1.54) is 70.6 Å². The van der Waals surface area contributed by atoms with Crippen LogP contribution in [0.15, 0.2) is 102 Å². The first-order chi connectivity index (χ1) is 36.0. The number of alkyl halides is 12. The lowest BCUT2D eigenvalue weighted by atomic mass is 10.0. The van der Waals surface area contributed by atoms with Crippen LogP contribution in [0.25, 0.3) is 0 Å². The summed E-state index contributed by atoms with van der Waals surface area (Å²) in [6.45, 7) is 2.73. The lowest BCUT2D eigenvalue weighted by molar-refractivity contribution is -0.144. The van der Waals surface area contributed by atoms with Crippen molar-refractivity contribution in [2.45, 2.75) is 159 Å². The molecule has 0 aliphatic rings. The number of hydrogen-bond donors (Lipinski definition) is 6. The predicted molar refractivity (Wildman–Crippen MR) is 295 cm³/mol. The molecule has 77 heavy (non-hydrogen) atoms. The molecule has 0 aliphatic heterocycles. The lowest BCUT2D eigenvalue weighted by Crippen LogP contribution is -2.49. The molecule has 7 nitrogen and oxygen atoms in total. The maximum Gasteiger partial charge on any atom is 0.416 e. The van der Waals surface area contributed by atoms with Gasteiger partial charge in [0, 0.05) is 30.5 Å². The molecule has 0 unspecified atom stereocenters. The number of nitrogens with zero attached hydrogens (tertiary/aromatic N) is 1. The highest BCUT2D eigenvalue weighted by atomic mass is 35.5. The molecule has 6 N–H and O–H groups in total. The number of halogens is 13. The van der Waals surface area contributed by atoms with Crippen LogP contribution in [0, 0.1) is 0 Å². The second kappa shape index (κ2) is 33.4. The van der Waals surface area contributed by atoms with Gasteiger partial charge in [-0.3, -0.25) is 4.99 Å². The highest BCUT2D eigenvalue weighted by Gasteiger charge is 2.38. The topological polar surface area (TPSA) is 84.5 Å². The fourth-order valence-electron chi connectivity index (χ4n) is 8.37. The Hall–Kier alpha value is -5.02. The van der Waals surface area contributed by atoms with Crippen molar-refractivity contribution in [3.63, 3.8) is 0 Å². The Labute approximate surface area is 461 Å². The zero-order valence-electron chi connectivity index (χ0n) is 42.9. The van der Waals surface area contributed by atoms with E-state index in [4.69, 9.17) is 29.4 Å². The van der Waals surface area contributed by atoms with Gasteiger partial charge in [-0.15, -0.1) is 12.4 Å². The Bertz CT molecular complexity index is 2300. The van der Waals surface area contributed by atoms with Gasteiger partial charge in [-0.25, -0.2) is 0 Å². The molecule has 0 bridgehead atoms. The van der Waals surface area contributed by atoms with E-state index in [1.807, 2.05) is 24.3 Å². The van der Waals surface area contributed by atoms with Crippen molar-refractivity contribution in [3.8, 4) is 0 Å². The van der Waals surface area contributed by atoms with E-state index in [1.54, 1.807) is 36.4 Å².